The lowest BCUT2D eigenvalue weighted by Crippen LogP contribution is -2.48. The fraction of sp³-hybridized carbons (Fsp3) is 0.263. The highest BCUT2D eigenvalue weighted by molar-refractivity contribution is 9.10. The van der Waals surface area contributed by atoms with Crippen molar-refractivity contribution in [1.29, 1.82) is 0 Å². The molecule has 2 amide bonds. The number of anilines is 1. The zero-order valence-electron chi connectivity index (χ0n) is 14.1. The number of hydrogen-bond donors (Lipinski definition) is 1. The first-order valence-corrected chi connectivity index (χ1v) is 9.06. The molecule has 1 heterocycles. The Morgan fingerprint density at radius 3 is 2.42 bits per heavy atom. The first kappa shape index (κ1) is 18.4. The summed E-state index contributed by atoms with van der Waals surface area (Å²) in [5.41, 5.74) is 1.86. The van der Waals surface area contributed by atoms with Crippen LogP contribution in [0.4, 0.5) is 10.5 Å². The van der Waals surface area contributed by atoms with Gasteiger partial charge in [-0.1, -0.05) is 34.1 Å². The Bertz CT molecular complexity index is 788. The van der Waals surface area contributed by atoms with Crippen LogP contribution in [0.25, 0.3) is 0 Å². The Labute approximate surface area is 160 Å². The quantitative estimate of drug-likeness (QED) is 0.822. The molecule has 1 fully saturated rings. The lowest BCUT2D eigenvalue weighted by molar-refractivity contribution is 0.0548. The molecule has 0 aromatic heterocycles. The Balaban J connectivity index is 1.87. The largest absolute Gasteiger partial charge is 0.478 e. The molecule has 0 spiro atoms. The van der Waals surface area contributed by atoms with Crippen molar-refractivity contribution in [2.75, 3.05) is 31.2 Å². The van der Waals surface area contributed by atoms with Crippen LogP contribution in [-0.2, 0) is 11.3 Å². The third-order valence-corrected chi connectivity index (χ3v) is 4.67. The summed E-state index contributed by atoms with van der Waals surface area (Å²) in [5, 5.41) is 9.04. The van der Waals surface area contributed by atoms with Gasteiger partial charge in [0.15, 0.2) is 0 Å². The van der Waals surface area contributed by atoms with Crippen molar-refractivity contribution in [3.05, 3.63) is 64.1 Å². The highest BCUT2D eigenvalue weighted by Gasteiger charge is 2.24. The number of halogens is 1. The number of aromatic carboxylic acids is 1. The van der Waals surface area contributed by atoms with Crippen LogP contribution in [0.1, 0.15) is 15.9 Å². The number of rotatable bonds is 4. The maximum Gasteiger partial charge on any atom is 0.335 e. The van der Waals surface area contributed by atoms with Gasteiger partial charge in [-0.25, -0.2) is 9.59 Å². The van der Waals surface area contributed by atoms with Gasteiger partial charge in [0, 0.05) is 23.2 Å². The van der Waals surface area contributed by atoms with E-state index in [9.17, 15) is 9.59 Å². The van der Waals surface area contributed by atoms with Crippen LogP contribution >= 0.6 is 15.9 Å². The zero-order valence-corrected chi connectivity index (χ0v) is 15.7. The second-order valence-corrected chi connectivity index (χ2v) is 6.87. The van der Waals surface area contributed by atoms with E-state index in [1.165, 1.54) is 0 Å². The van der Waals surface area contributed by atoms with Crippen LogP contribution in [0.5, 0.6) is 0 Å². The summed E-state index contributed by atoms with van der Waals surface area (Å²) >= 11 is 3.45. The minimum absolute atomic E-state index is 0.0892. The van der Waals surface area contributed by atoms with E-state index in [-0.39, 0.29) is 11.6 Å². The summed E-state index contributed by atoms with van der Waals surface area (Å²) in [6.07, 6.45) is 0. The van der Waals surface area contributed by atoms with Gasteiger partial charge in [-0.05, 0) is 35.9 Å². The molecule has 0 bridgehead atoms. The van der Waals surface area contributed by atoms with Crippen molar-refractivity contribution in [1.82, 2.24) is 4.90 Å². The van der Waals surface area contributed by atoms with E-state index in [1.807, 2.05) is 24.3 Å². The Kier molecular flexibility index (Phi) is 5.90. The van der Waals surface area contributed by atoms with Crippen molar-refractivity contribution in [3.8, 4) is 0 Å². The average molecular weight is 419 g/mol. The number of morpholine rings is 1. The van der Waals surface area contributed by atoms with Crippen LogP contribution in [0.3, 0.4) is 0 Å². The van der Waals surface area contributed by atoms with Gasteiger partial charge in [0.2, 0.25) is 0 Å². The number of carbonyl (C=O) groups excluding carboxylic acids is 1. The van der Waals surface area contributed by atoms with Crippen LogP contribution in [0.15, 0.2) is 53.0 Å². The lowest BCUT2D eigenvalue weighted by Gasteiger charge is -2.33. The maximum absolute atomic E-state index is 13.1. The Morgan fingerprint density at radius 2 is 1.81 bits per heavy atom. The van der Waals surface area contributed by atoms with Gasteiger partial charge in [-0.2, -0.15) is 0 Å². The number of benzene rings is 2. The molecule has 0 atom stereocenters. The molecule has 1 saturated heterocycles. The van der Waals surface area contributed by atoms with Crippen molar-refractivity contribution >= 4 is 33.6 Å². The molecule has 1 N–H and O–H groups in total. The van der Waals surface area contributed by atoms with Crippen molar-refractivity contribution in [2.24, 2.45) is 0 Å². The van der Waals surface area contributed by atoms with Gasteiger partial charge in [0.25, 0.3) is 0 Å². The third-order valence-electron chi connectivity index (χ3n) is 4.17. The average Bonchev–Trinajstić information content (AvgIpc) is 2.66. The minimum Gasteiger partial charge on any atom is -0.478 e. The zero-order chi connectivity index (χ0) is 18.5. The molecule has 6 nitrogen and oxygen atoms in total. The van der Waals surface area contributed by atoms with Crippen molar-refractivity contribution in [2.45, 2.75) is 6.54 Å². The molecular formula is C19H19BrN2O4. The molecule has 0 aliphatic carbocycles. The van der Waals surface area contributed by atoms with E-state index in [0.29, 0.717) is 32.8 Å². The number of hydrogen-bond acceptors (Lipinski definition) is 3. The van der Waals surface area contributed by atoms with E-state index in [2.05, 4.69) is 15.9 Å². The van der Waals surface area contributed by atoms with Crippen LogP contribution < -0.4 is 4.90 Å². The molecule has 3 rings (SSSR count). The summed E-state index contributed by atoms with van der Waals surface area (Å²) in [6, 6.07) is 14.1. The van der Waals surface area contributed by atoms with E-state index < -0.39 is 5.97 Å². The molecular weight excluding hydrogens is 400 g/mol. The topological polar surface area (TPSA) is 70.1 Å². The first-order chi connectivity index (χ1) is 12.5. The monoisotopic (exact) mass is 418 g/mol. The van der Waals surface area contributed by atoms with Crippen LogP contribution in [-0.4, -0.2) is 48.3 Å². The second kappa shape index (κ2) is 8.33. The summed E-state index contributed by atoms with van der Waals surface area (Å²) in [6.45, 7) is 2.53. The number of carboxylic acids is 1. The highest BCUT2D eigenvalue weighted by Crippen LogP contribution is 2.24. The van der Waals surface area contributed by atoms with Gasteiger partial charge in [0.05, 0.1) is 25.3 Å². The third kappa shape index (κ3) is 4.42. The van der Waals surface area contributed by atoms with Gasteiger partial charge >= 0.3 is 12.0 Å². The summed E-state index contributed by atoms with van der Waals surface area (Å²) < 4.78 is 6.22. The van der Waals surface area contributed by atoms with Crippen molar-refractivity contribution in [3.63, 3.8) is 0 Å². The van der Waals surface area contributed by atoms with Gasteiger partial charge < -0.3 is 14.7 Å². The number of nitrogens with zero attached hydrogens (tertiary/aromatic N) is 2. The maximum atomic E-state index is 13.1. The SMILES string of the molecule is O=C(O)c1ccc(CN(C(=O)N2CCOCC2)c2cccc(Br)c2)cc1. The molecule has 26 heavy (non-hydrogen) atoms. The smallest absolute Gasteiger partial charge is 0.335 e. The number of carboxylic acid groups (broad SMARTS) is 1. The number of urea groups is 1. The van der Waals surface area contributed by atoms with E-state index in [4.69, 9.17) is 9.84 Å². The molecule has 0 saturated carbocycles. The minimum atomic E-state index is -0.968. The predicted molar refractivity (Wildman–Crippen MR) is 102 cm³/mol. The molecule has 2 aromatic carbocycles. The lowest BCUT2D eigenvalue weighted by atomic mass is 10.1. The normalized spacial score (nSPS) is 14.1. The van der Waals surface area contributed by atoms with Crippen LogP contribution in [0.2, 0.25) is 0 Å². The summed E-state index contributed by atoms with van der Waals surface area (Å²) in [5.74, 6) is -0.968. The van der Waals surface area contributed by atoms with Crippen molar-refractivity contribution < 1.29 is 19.4 Å². The van der Waals surface area contributed by atoms with E-state index >= 15 is 0 Å². The number of amides is 2. The molecule has 0 radical (unpaired) electrons. The predicted octanol–water partition coefficient (Wildman–Crippen LogP) is 3.61. The molecule has 1 aliphatic heterocycles. The molecule has 136 valence electrons. The van der Waals surface area contributed by atoms with Gasteiger partial charge in [-0.15, -0.1) is 0 Å². The first-order valence-electron chi connectivity index (χ1n) is 8.26. The fourth-order valence-corrected chi connectivity index (χ4v) is 3.16. The van der Waals surface area contributed by atoms with Gasteiger partial charge in [-0.3, -0.25) is 4.90 Å². The molecule has 2 aromatic rings. The van der Waals surface area contributed by atoms with E-state index in [0.717, 1.165) is 15.7 Å². The molecule has 0 unspecified atom stereocenters. The Hall–Kier alpha value is -2.38. The highest BCUT2D eigenvalue weighted by atomic mass is 79.9. The molecule has 7 heteroatoms. The van der Waals surface area contributed by atoms with E-state index in [1.54, 1.807) is 34.1 Å². The Morgan fingerprint density at radius 1 is 1.12 bits per heavy atom. The summed E-state index contributed by atoms with van der Waals surface area (Å²) in [4.78, 5) is 27.6. The van der Waals surface area contributed by atoms with Gasteiger partial charge in [0.1, 0.15) is 0 Å². The number of ether oxygens (including phenoxy) is 1. The second-order valence-electron chi connectivity index (χ2n) is 5.95. The summed E-state index contributed by atoms with van der Waals surface area (Å²) in [7, 11) is 0. The fourth-order valence-electron chi connectivity index (χ4n) is 2.77. The van der Waals surface area contributed by atoms with Crippen LogP contribution in [0, 0.1) is 0 Å². The molecule has 1 aliphatic rings. The number of carbonyl (C=O) groups is 2. The standard InChI is InChI=1S/C19H19BrN2O4/c20-16-2-1-3-17(12-16)22(19(25)21-8-10-26-11-9-21)13-14-4-6-15(7-5-14)18(23)24/h1-7,12H,8-11,13H2,(H,23,24).